The van der Waals surface area contributed by atoms with E-state index in [1.165, 1.54) is 5.56 Å². The SMILES string of the molecule is COc1cc2c(cc1OC)[C@]1(Cc3c(ccc(OC)c3OC)[C@@H]1O)N(C)CC2. The standard InChI is InChI=1S/C22H27NO5/c1-23-9-8-13-10-18(26-3)19(27-4)11-16(13)22(23)12-15-14(21(22)24)6-7-17(25-2)20(15)28-5/h6-7,10-11,21,24H,8-9,12H2,1-5H3/t21-,22-/m0/s1. The molecule has 0 fully saturated rings. The topological polar surface area (TPSA) is 60.4 Å². The maximum atomic E-state index is 11.5. The fraction of sp³-hybridized carbons (Fsp3) is 0.455. The van der Waals surface area contributed by atoms with Gasteiger partial charge in [0.15, 0.2) is 23.0 Å². The maximum absolute atomic E-state index is 11.5. The number of ether oxygens (including phenoxy) is 4. The van der Waals surface area contributed by atoms with E-state index in [1.54, 1.807) is 28.4 Å². The van der Waals surface area contributed by atoms with Gasteiger partial charge in [-0.2, -0.15) is 0 Å². The molecule has 1 N–H and O–H groups in total. The Labute approximate surface area is 165 Å². The molecular formula is C22H27NO5. The van der Waals surface area contributed by atoms with E-state index in [-0.39, 0.29) is 0 Å². The molecule has 0 saturated heterocycles. The van der Waals surface area contributed by atoms with E-state index >= 15 is 0 Å². The Morgan fingerprint density at radius 2 is 1.64 bits per heavy atom. The molecule has 2 aromatic carbocycles. The molecule has 0 aromatic heterocycles. The third kappa shape index (κ3) is 2.41. The van der Waals surface area contributed by atoms with Crippen LogP contribution in [0, 0.1) is 0 Å². The summed E-state index contributed by atoms with van der Waals surface area (Å²) in [5, 5.41) is 11.5. The molecule has 1 heterocycles. The molecule has 4 rings (SSSR count). The van der Waals surface area contributed by atoms with Crippen molar-refractivity contribution in [3.63, 3.8) is 0 Å². The molecule has 0 bridgehead atoms. The smallest absolute Gasteiger partial charge is 0.164 e. The second-order valence-corrected chi connectivity index (χ2v) is 7.41. The monoisotopic (exact) mass is 385 g/mol. The quantitative estimate of drug-likeness (QED) is 0.873. The third-order valence-corrected chi connectivity index (χ3v) is 6.35. The number of benzene rings is 2. The van der Waals surface area contributed by atoms with Crippen LogP contribution in [0.3, 0.4) is 0 Å². The summed E-state index contributed by atoms with van der Waals surface area (Å²) in [6.45, 7) is 0.840. The van der Waals surface area contributed by atoms with Gasteiger partial charge in [-0.1, -0.05) is 6.07 Å². The predicted octanol–water partition coefficient (Wildman–Crippen LogP) is 2.69. The zero-order chi connectivity index (χ0) is 20.1. The van der Waals surface area contributed by atoms with Gasteiger partial charge in [0.1, 0.15) is 6.10 Å². The van der Waals surface area contributed by atoms with Gasteiger partial charge in [-0.25, -0.2) is 0 Å². The molecule has 0 radical (unpaired) electrons. The summed E-state index contributed by atoms with van der Waals surface area (Å²) in [4.78, 5) is 2.25. The van der Waals surface area contributed by atoms with Crippen molar-refractivity contribution >= 4 is 0 Å². The number of nitrogens with zero attached hydrogens (tertiary/aromatic N) is 1. The number of rotatable bonds is 4. The van der Waals surface area contributed by atoms with Crippen LogP contribution in [0.4, 0.5) is 0 Å². The lowest BCUT2D eigenvalue weighted by molar-refractivity contribution is -0.0197. The second-order valence-electron chi connectivity index (χ2n) is 7.41. The molecular weight excluding hydrogens is 358 g/mol. The summed E-state index contributed by atoms with van der Waals surface area (Å²) < 4.78 is 22.2. The number of likely N-dealkylation sites (N-methyl/N-ethyl adjacent to an activating group) is 1. The lowest BCUT2D eigenvalue weighted by Crippen LogP contribution is -2.51. The van der Waals surface area contributed by atoms with Crippen LogP contribution in [0.25, 0.3) is 0 Å². The van der Waals surface area contributed by atoms with Crippen molar-refractivity contribution in [3.05, 3.63) is 46.5 Å². The highest BCUT2D eigenvalue weighted by atomic mass is 16.5. The van der Waals surface area contributed by atoms with Gasteiger partial charge in [0.2, 0.25) is 0 Å². The number of aliphatic hydroxyl groups is 1. The molecule has 6 nitrogen and oxygen atoms in total. The van der Waals surface area contributed by atoms with Crippen LogP contribution in [0.2, 0.25) is 0 Å². The van der Waals surface area contributed by atoms with E-state index in [0.29, 0.717) is 29.4 Å². The third-order valence-electron chi connectivity index (χ3n) is 6.35. The summed E-state index contributed by atoms with van der Waals surface area (Å²) in [5.74, 6) is 2.75. The highest BCUT2D eigenvalue weighted by Crippen LogP contribution is 2.56. The number of methoxy groups -OCH3 is 4. The summed E-state index contributed by atoms with van der Waals surface area (Å²) in [5.41, 5.74) is 3.53. The molecule has 1 aliphatic carbocycles. The summed E-state index contributed by atoms with van der Waals surface area (Å²) >= 11 is 0. The van der Waals surface area contributed by atoms with Crippen molar-refractivity contribution in [3.8, 4) is 23.0 Å². The highest BCUT2D eigenvalue weighted by molar-refractivity contribution is 5.60. The molecule has 2 aliphatic rings. The van der Waals surface area contributed by atoms with E-state index in [0.717, 1.165) is 29.7 Å². The van der Waals surface area contributed by atoms with E-state index < -0.39 is 11.6 Å². The molecule has 1 spiro atoms. The number of aliphatic hydroxyl groups excluding tert-OH is 1. The molecule has 1 aliphatic heterocycles. The molecule has 6 heteroatoms. The Morgan fingerprint density at radius 3 is 2.29 bits per heavy atom. The van der Waals surface area contributed by atoms with Crippen LogP contribution < -0.4 is 18.9 Å². The zero-order valence-corrected chi connectivity index (χ0v) is 17.0. The Hall–Kier alpha value is -2.44. The van der Waals surface area contributed by atoms with Gasteiger partial charge in [-0.3, -0.25) is 4.90 Å². The Bertz CT molecular complexity index is 912. The molecule has 0 saturated carbocycles. The number of hydrogen-bond acceptors (Lipinski definition) is 6. The molecule has 2 atom stereocenters. The van der Waals surface area contributed by atoms with E-state index in [4.69, 9.17) is 18.9 Å². The first-order valence-corrected chi connectivity index (χ1v) is 9.40. The number of fused-ring (bicyclic) bond motifs is 3. The fourth-order valence-corrected chi connectivity index (χ4v) is 4.88. The minimum absolute atomic E-state index is 0.588. The first-order chi connectivity index (χ1) is 13.5. The van der Waals surface area contributed by atoms with Gasteiger partial charge in [0, 0.05) is 18.5 Å². The second kappa shape index (κ2) is 6.87. The largest absolute Gasteiger partial charge is 0.493 e. The van der Waals surface area contributed by atoms with Crippen LogP contribution in [-0.4, -0.2) is 52.0 Å². The predicted molar refractivity (Wildman–Crippen MR) is 106 cm³/mol. The van der Waals surface area contributed by atoms with Crippen molar-refractivity contribution in [2.45, 2.75) is 24.5 Å². The van der Waals surface area contributed by atoms with Gasteiger partial charge in [-0.05, 0) is 48.4 Å². The Balaban J connectivity index is 1.93. The summed E-state index contributed by atoms with van der Waals surface area (Å²) in [7, 11) is 8.62. The minimum Gasteiger partial charge on any atom is -0.493 e. The van der Waals surface area contributed by atoms with Crippen LogP contribution in [0.1, 0.15) is 28.4 Å². The zero-order valence-electron chi connectivity index (χ0n) is 17.0. The van der Waals surface area contributed by atoms with Gasteiger partial charge < -0.3 is 24.1 Å². The molecule has 150 valence electrons. The van der Waals surface area contributed by atoms with Crippen molar-refractivity contribution in [1.82, 2.24) is 4.90 Å². The van der Waals surface area contributed by atoms with Crippen LogP contribution in [0.5, 0.6) is 23.0 Å². The Kier molecular flexibility index (Phi) is 4.63. The lowest BCUT2D eigenvalue weighted by Gasteiger charge is -2.46. The van der Waals surface area contributed by atoms with Crippen LogP contribution >= 0.6 is 0 Å². The summed E-state index contributed by atoms with van der Waals surface area (Å²) in [6, 6.07) is 7.86. The number of hydrogen-bond donors (Lipinski definition) is 1. The Morgan fingerprint density at radius 1 is 0.964 bits per heavy atom. The van der Waals surface area contributed by atoms with Crippen molar-refractivity contribution < 1.29 is 24.1 Å². The average molecular weight is 385 g/mol. The first-order valence-electron chi connectivity index (χ1n) is 9.40. The molecule has 0 amide bonds. The van der Waals surface area contributed by atoms with Gasteiger partial charge in [-0.15, -0.1) is 0 Å². The van der Waals surface area contributed by atoms with Crippen molar-refractivity contribution in [1.29, 1.82) is 0 Å². The average Bonchev–Trinajstić information content (AvgIpc) is 3.02. The van der Waals surface area contributed by atoms with E-state index in [1.807, 2.05) is 24.3 Å². The molecule has 0 unspecified atom stereocenters. The maximum Gasteiger partial charge on any atom is 0.164 e. The van der Waals surface area contributed by atoms with Gasteiger partial charge in [0.25, 0.3) is 0 Å². The van der Waals surface area contributed by atoms with Crippen LogP contribution in [-0.2, 0) is 18.4 Å². The van der Waals surface area contributed by atoms with Crippen molar-refractivity contribution in [2.24, 2.45) is 0 Å². The van der Waals surface area contributed by atoms with Crippen LogP contribution in [0.15, 0.2) is 24.3 Å². The highest BCUT2D eigenvalue weighted by Gasteiger charge is 2.53. The molecule has 2 aromatic rings. The van der Waals surface area contributed by atoms with Gasteiger partial charge in [0.05, 0.1) is 34.0 Å². The first kappa shape index (κ1) is 18.9. The van der Waals surface area contributed by atoms with E-state index in [2.05, 4.69) is 11.9 Å². The summed E-state index contributed by atoms with van der Waals surface area (Å²) in [6.07, 6.45) is 0.824. The fourth-order valence-electron chi connectivity index (χ4n) is 4.88. The van der Waals surface area contributed by atoms with Crippen molar-refractivity contribution in [2.75, 3.05) is 42.0 Å². The minimum atomic E-state index is -0.690. The normalized spacial score (nSPS) is 23.3. The molecule has 28 heavy (non-hydrogen) atoms. The van der Waals surface area contributed by atoms with E-state index in [9.17, 15) is 5.11 Å². The lowest BCUT2D eigenvalue weighted by atomic mass is 9.77. The van der Waals surface area contributed by atoms with Gasteiger partial charge >= 0.3 is 0 Å².